The van der Waals surface area contributed by atoms with Gasteiger partial charge in [-0.15, -0.1) is 0 Å². The predicted octanol–water partition coefficient (Wildman–Crippen LogP) is 3.11. The van der Waals surface area contributed by atoms with Crippen molar-refractivity contribution in [3.8, 4) is 11.8 Å². The van der Waals surface area contributed by atoms with Gasteiger partial charge in [0.05, 0.1) is 5.69 Å². The molecule has 18 heavy (non-hydrogen) atoms. The van der Waals surface area contributed by atoms with Gasteiger partial charge in [0.25, 0.3) is 0 Å². The van der Waals surface area contributed by atoms with Crippen LogP contribution in [0.2, 0.25) is 0 Å². The largest absolute Gasteiger partial charge is 0.417 e. The molecule has 0 spiro atoms. The number of hydrogen-bond donors (Lipinski definition) is 1. The smallest absolute Gasteiger partial charge is 0.399 e. The van der Waals surface area contributed by atoms with E-state index in [4.69, 9.17) is 9.15 Å². The molecule has 5 heteroatoms. The third kappa shape index (κ3) is 3.56. The Kier molecular flexibility index (Phi) is 4.30. The van der Waals surface area contributed by atoms with Crippen molar-refractivity contribution < 1.29 is 13.5 Å². The Hall–Kier alpha value is -1.88. The van der Waals surface area contributed by atoms with Crippen LogP contribution in [0, 0.1) is 5.82 Å². The fraction of sp³-hybridized carbons (Fsp3) is 0.308. The zero-order valence-electron chi connectivity index (χ0n) is 10.1. The zero-order valence-corrected chi connectivity index (χ0v) is 10.1. The van der Waals surface area contributed by atoms with Gasteiger partial charge in [0.1, 0.15) is 17.8 Å². The van der Waals surface area contributed by atoms with Crippen LogP contribution in [0.4, 0.5) is 4.39 Å². The maximum atomic E-state index is 12.7. The van der Waals surface area contributed by atoms with Crippen LogP contribution >= 0.6 is 0 Å². The van der Waals surface area contributed by atoms with Crippen LogP contribution < -0.4 is 10.1 Å². The van der Waals surface area contributed by atoms with E-state index in [9.17, 15) is 4.39 Å². The maximum Gasteiger partial charge on any atom is 0.399 e. The van der Waals surface area contributed by atoms with Gasteiger partial charge in [-0.1, -0.05) is 6.92 Å². The second-order valence-electron chi connectivity index (χ2n) is 3.84. The Labute approximate surface area is 105 Å². The fourth-order valence-corrected chi connectivity index (χ4v) is 1.41. The Bertz CT molecular complexity index is 482. The van der Waals surface area contributed by atoms with Gasteiger partial charge in [-0.25, -0.2) is 4.39 Å². The molecule has 0 saturated carbocycles. The van der Waals surface area contributed by atoms with Gasteiger partial charge < -0.3 is 14.5 Å². The summed E-state index contributed by atoms with van der Waals surface area (Å²) in [5.74, 6) is 0.186. The molecule has 1 N–H and O–H groups in total. The van der Waals surface area contributed by atoms with Gasteiger partial charge in [0, 0.05) is 6.54 Å². The molecule has 2 aromatic rings. The van der Waals surface area contributed by atoms with E-state index in [0.717, 1.165) is 18.7 Å². The third-order valence-electron chi connectivity index (χ3n) is 2.28. The molecule has 4 nitrogen and oxygen atoms in total. The minimum absolute atomic E-state index is 0.162. The van der Waals surface area contributed by atoms with E-state index in [1.54, 1.807) is 6.26 Å². The molecule has 0 aliphatic rings. The molecule has 2 rings (SSSR count). The van der Waals surface area contributed by atoms with Crippen LogP contribution in [0.15, 0.2) is 34.9 Å². The van der Waals surface area contributed by atoms with Crippen molar-refractivity contribution >= 4 is 0 Å². The fourth-order valence-electron chi connectivity index (χ4n) is 1.41. The summed E-state index contributed by atoms with van der Waals surface area (Å²) in [5.41, 5.74) is 0.778. The normalized spacial score (nSPS) is 10.6. The van der Waals surface area contributed by atoms with Crippen molar-refractivity contribution in [1.29, 1.82) is 0 Å². The van der Waals surface area contributed by atoms with Crippen molar-refractivity contribution in [3.05, 3.63) is 42.0 Å². The number of hydrogen-bond acceptors (Lipinski definition) is 4. The summed E-state index contributed by atoms with van der Waals surface area (Å²) >= 11 is 0. The minimum atomic E-state index is -0.306. The van der Waals surface area contributed by atoms with E-state index in [0.29, 0.717) is 12.3 Å². The van der Waals surface area contributed by atoms with Crippen LogP contribution in [0.5, 0.6) is 11.8 Å². The van der Waals surface area contributed by atoms with Crippen molar-refractivity contribution in [2.24, 2.45) is 0 Å². The van der Waals surface area contributed by atoms with Gasteiger partial charge in [-0.3, -0.25) is 0 Å². The number of aromatic nitrogens is 1. The van der Waals surface area contributed by atoms with Crippen LogP contribution in [-0.4, -0.2) is 11.5 Å². The van der Waals surface area contributed by atoms with E-state index < -0.39 is 0 Å². The van der Waals surface area contributed by atoms with E-state index in [2.05, 4.69) is 17.2 Å². The second kappa shape index (κ2) is 6.16. The molecule has 0 amide bonds. The number of nitrogens with zero attached hydrogens (tertiary/aromatic N) is 1. The number of benzene rings is 1. The monoisotopic (exact) mass is 250 g/mol. The van der Waals surface area contributed by atoms with Crippen LogP contribution in [0.1, 0.15) is 19.0 Å². The predicted molar refractivity (Wildman–Crippen MR) is 65.0 cm³/mol. The van der Waals surface area contributed by atoms with Crippen molar-refractivity contribution in [3.63, 3.8) is 0 Å². The van der Waals surface area contributed by atoms with Crippen molar-refractivity contribution in [2.75, 3.05) is 6.54 Å². The molecule has 0 saturated heterocycles. The lowest BCUT2D eigenvalue weighted by molar-refractivity contribution is 0.330. The topological polar surface area (TPSA) is 47.3 Å². The molecule has 0 fully saturated rings. The molecular weight excluding hydrogens is 235 g/mol. The highest BCUT2D eigenvalue weighted by Crippen LogP contribution is 2.20. The van der Waals surface area contributed by atoms with E-state index in [1.165, 1.54) is 24.3 Å². The highest BCUT2D eigenvalue weighted by atomic mass is 19.1. The van der Waals surface area contributed by atoms with Crippen molar-refractivity contribution in [2.45, 2.75) is 19.9 Å². The Morgan fingerprint density at radius 2 is 2.11 bits per heavy atom. The molecule has 1 aromatic carbocycles. The lowest BCUT2D eigenvalue weighted by Gasteiger charge is -1.99. The molecule has 0 aliphatic carbocycles. The average molecular weight is 250 g/mol. The van der Waals surface area contributed by atoms with Crippen LogP contribution in [0.3, 0.4) is 0 Å². The summed E-state index contributed by atoms with van der Waals surface area (Å²) in [7, 11) is 0. The van der Waals surface area contributed by atoms with Crippen molar-refractivity contribution in [1.82, 2.24) is 10.3 Å². The molecular formula is C13H15FN2O2. The summed E-state index contributed by atoms with van der Waals surface area (Å²) in [6, 6.07) is 5.69. The number of ether oxygens (including phenoxy) is 1. The van der Waals surface area contributed by atoms with Gasteiger partial charge in [0.2, 0.25) is 0 Å². The van der Waals surface area contributed by atoms with Gasteiger partial charge >= 0.3 is 6.08 Å². The second-order valence-corrected chi connectivity index (χ2v) is 3.84. The maximum absolute atomic E-state index is 12.7. The summed E-state index contributed by atoms with van der Waals surface area (Å²) in [6.45, 7) is 3.67. The van der Waals surface area contributed by atoms with E-state index in [1.807, 2.05) is 0 Å². The number of oxazole rings is 1. The average Bonchev–Trinajstić information content (AvgIpc) is 2.80. The van der Waals surface area contributed by atoms with Gasteiger partial charge in [0.15, 0.2) is 0 Å². The first-order chi connectivity index (χ1) is 8.78. The Morgan fingerprint density at radius 1 is 1.33 bits per heavy atom. The first-order valence-electron chi connectivity index (χ1n) is 5.86. The summed E-state index contributed by atoms with van der Waals surface area (Å²) in [6.07, 6.45) is 2.77. The Balaban J connectivity index is 1.91. The molecule has 96 valence electrons. The zero-order chi connectivity index (χ0) is 12.8. The number of nitrogens with one attached hydrogen (secondary N) is 1. The van der Waals surface area contributed by atoms with Crippen LogP contribution in [-0.2, 0) is 6.54 Å². The summed E-state index contributed by atoms with van der Waals surface area (Å²) in [5, 5.41) is 3.21. The number of halogens is 1. The first-order valence-corrected chi connectivity index (χ1v) is 5.86. The van der Waals surface area contributed by atoms with E-state index >= 15 is 0 Å². The number of rotatable bonds is 6. The van der Waals surface area contributed by atoms with Gasteiger partial charge in [-0.2, -0.15) is 4.98 Å². The third-order valence-corrected chi connectivity index (χ3v) is 2.28. The lowest BCUT2D eigenvalue weighted by Crippen LogP contribution is -2.13. The first kappa shape index (κ1) is 12.6. The molecule has 0 atom stereocenters. The summed E-state index contributed by atoms with van der Waals surface area (Å²) < 4.78 is 23.2. The minimum Gasteiger partial charge on any atom is -0.417 e. The van der Waals surface area contributed by atoms with E-state index in [-0.39, 0.29) is 11.9 Å². The highest BCUT2D eigenvalue weighted by molar-refractivity contribution is 5.24. The SMILES string of the molecule is CCCNCc1coc(Oc2ccc(F)cc2)n1. The quantitative estimate of drug-likeness (QED) is 0.800. The molecule has 0 bridgehead atoms. The standard InChI is InChI=1S/C13H15FN2O2/c1-2-7-15-8-11-9-17-13(16-11)18-12-5-3-10(14)4-6-12/h3-6,9,15H,2,7-8H2,1H3. The molecule has 0 radical (unpaired) electrons. The van der Waals surface area contributed by atoms with Gasteiger partial charge in [-0.05, 0) is 37.2 Å². The summed E-state index contributed by atoms with van der Waals surface area (Å²) in [4.78, 5) is 4.15. The molecule has 1 aromatic heterocycles. The highest BCUT2D eigenvalue weighted by Gasteiger charge is 2.06. The lowest BCUT2D eigenvalue weighted by atomic mass is 10.3. The molecule has 0 aliphatic heterocycles. The molecule has 0 unspecified atom stereocenters. The molecule has 1 heterocycles. The van der Waals surface area contributed by atoms with Crippen LogP contribution in [0.25, 0.3) is 0 Å². The Morgan fingerprint density at radius 3 is 2.83 bits per heavy atom.